The van der Waals surface area contributed by atoms with Gasteiger partial charge in [-0.3, -0.25) is 4.79 Å². The molecule has 0 saturated heterocycles. The Labute approximate surface area is 123 Å². The minimum Gasteiger partial charge on any atom is -0.441 e. The van der Waals surface area contributed by atoms with Gasteiger partial charge in [0.15, 0.2) is 11.5 Å². The fourth-order valence-corrected chi connectivity index (χ4v) is 1.93. The number of ether oxygens (including phenoxy) is 1. The summed E-state index contributed by atoms with van der Waals surface area (Å²) in [4.78, 5) is 16.0. The van der Waals surface area contributed by atoms with Crippen LogP contribution in [0.3, 0.4) is 0 Å². The lowest BCUT2D eigenvalue weighted by Gasteiger charge is -2.05. The van der Waals surface area contributed by atoms with Crippen molar-refractivity contribution in [2.24, 2.45) is 0 Å². The third-order valence-electron chi connectivity index (χ3n) is 3.01. The number of para-hydroxylation sites is 2. The summed E-state index contributed by atoms with van der Waals surface area (Å²) < 4.78 is 10.5. The number of carbonyl (C=O) groups excluding carboxylic acids is 1. The molecule has 0 radical (unpaired) electrons. The first-order valence-electron chi connectivity index (χ1n) is 7.10. The Morgan fingerprint density at radius 3 is 2.95 bits per heavy atom. The number of benzene rings is 1. The summed E-state index contributed by atoms with van der Waals surface area (Å²) in [5.41, 5.74) is 1.59. The highest BCUT2D eigenvalue weighted by molar-refractivity contribution is 5.76. The Balaban J connectivity index is 1.64. The van der Waals surface area contributed by atoms with Gasteiger partial charge in [-0.15, -0.1) is 0 Å². The summed E-state index contributed by atoms with van der Waals surface area (Å²) in [6.07, 6.45) is 0.891. The average Bonchev–Trinajstić information content (AvgIpc) is 2.91. The summed E-state index contributed by atoms with van der Waals surface area (Å²) in [5.74, 6) is 0.607. The lowest BCUT2D eigenvalue weighted by Crippen LogP contribution is -2.33. The number of nitrogens with one attached hydrogen (secondary N) is 2. The maximum absolute atomic E-state index is 11.7. The van der Waals surface area contributed by atoms with Crippen LogP contribution in [-0.2, 0) is 16.0 Å². The topological polar surface area (TPSA) is 76.4 Å². The minimum absolute atomic E-state index is 0.00537. The number of fused-ring (bicyclic) bond motifs is 1. The van der Waals surface area contributed by atoms with E-state index in [0.717, 1.165) is 24.2 Å². The minimum atomic E-state index is 0.00537. The summed E-state index contributed by atoms with van der Waals surface area (Å²) in [7, 11) is 1.66. The van der Waals surface area contributed by atoms with Gasteiger partial charge < -0.3 is 19.8 Å². The molecule has 0 bridgehead atoms. The summed E-state index contributed by atoms with van der Waals surface area (Å²) in [6.45, 7) is 2.80. The van der Waals surface area contributed by atoms with Crippen molar-refractivity contribution in [3.63, 3.8) is 0 Å². The normalized spacial score (nSPS) is 10.9. The lowest BCUT2D eigenvalue weighted by atomic mass is 10.3. The van der Waals surface area contributed by atoms with Gasteiger partial charge in [0.2, 0.25) is 5.91 Å². The van der Waals surface area contributed by atoms with Gasteiger partial charge in [0.1, 0.15) is 5.52 Å². The second-order valence-electron chi connectivity index (χ2n) is 4.67. The van der Waals surface area contributed by atoms with Crippen LogP contribution in [0.25, 0.3) is 11.1 Å². The predicted molar refractivity (Wildman–Crippen MR) is 80.1 cm³/mol. The van der Waals surface area contributed by atoms with E-state index in [1.165, 1.54) is 0 Å². The van der Waals surface area contributed by atoms with Gasteiger partial charge in [-0.2, -0.15) is 0 Å². The highest BCUT2D eigenvalue weighted by Crippen LogP contribution is 2.15. The molecule has 1 heterocycles. The molecule has 6 nitrogen and oxygen atoms in total. The molecule has 114 valence electrons. The summed E-state index contributed by atoms with van der Waals surface area (Å²) in [5, 5.41) is 6.01. The second kappa shape index (κ2) is 8.39. The summed E-state index contributed by atoms with van der Waals surface area (Å²) >= 11 is 0. The smallest absolute Gasteiger partial charge is 0.220 e. The number of hydrogen-bond donors (Lipinski definition) is 2. The van der Waals surface area contributed by atoms with Crippen LogP contribution in [-0.4, -0.2) is 44.2 Å². The SMILES string of the molecule is COCCNCCNC(=O)CCc1nc2ccccc2o1. The molecule has 2 N–H and O–H groups in total. The molecular formula is C15H21N3O3. The molecule has 1 aromatic carbocycles. The predicted octanol–water partition coefficient (Wildman–Crippen LogP) is 1.11. The Kier molecular flexibility index (Phi) is 6.18. The molecule has 0 fully saturated rings. The van der Waals surface area contributed by atoms with E-state index in [2.05, 4.69) is 15.6 Å². The number of methoxy groups -OCH3 is 1. The summed E-state index contributed by atoms with van der Waals surface area (Å²) in [6, 6.07) is 7.59. The first-order chi connectivity index (χ1) is 10.3. The van der Waals surface area contributed by atoms with Crippen molar-refractivity contribution in [2.45, 2.75) is 12.8 Å². The zero-order valence-electron chi connectivity index (χ0n) is 12.2. The van der Waals surface area contributed by atoms with Crippen molar-refractivity contribution in [1.29, 1.82) is 0 Å². The molecule has 1 aromatic heterocycles. The van der Waals surface area contributed by atoms with Crippen LogP contribution < -0.4 is 10.6 Å². The van der Waals surface area contributed by atoms with Gasteiger partial charge in [0, 0.05) is 39.6 Å². The van der Waals surface area contributed by atoms with E-state index in [1.807, 2.05) is 24.3 Å². The van der Waals surface area contributed by atoms with Crippen LogP contribution in [0.5, 0.6) is 0 Å². The van der Waals surface area contributed by atoms with Crippen LogP contribution in [0.1, 0.15) is 12.3 Å². The maximum Gasteiger partial charge on any atom is 0.220 e. The van der Waals surface area contributed by atoms with Gasteiger partial charge in [-0.05, 0) is 12.1 Å². The number of nitrogens with zero attached hydrogens (tertiary/aromatic N) is 1. The number of amides is 1. The van der Waals surface area contributed by atoms with E-state index in [1.54, 1.807) is 7.11 Å². The van der Waals surface area contributed by atoms with Crippen molar-refractivity contribution >= 4 is 17.0 Å². The van der Waals surface area contributed by atoms with Crippen molar-refractivity contribution in [2.75, 3.05) is 33.4 Å². The van der Waals surface area contributed by atoms with Crippen LogP contribution in [0.15, 0.2) is 28.7 Å². The molecule has 0 aliphatic heterocycles. The number of rotatable bonds is 9. The fourth-order valence-electron chi connectivity index (χ4n) is 1.93. The van der Waals surface area contributed by atoms with Crippen LogP contribution in [0.4, 0.5) is 0 Å². The van der Waals surface area contributed by atoms with E-state index in [-0.39, 0.29) is 5.91 Å². The number of aromatic nitrogens is 1. The molecule has 0 aliphatic rings. The third-order valence-corrected chi connectivity index (χ3v) is 3.01. The van der Waals surface area contributed by atoms with Crippen molar-refractivity contribution < 1.29 is 13.9 Å². The molecule has 0 spiro atoms. The second-order valence-corrected chi connectivity index (χ2v) is 4.67. The van der Waals surface area contributed by atoms with Gasteiger partial charge in [0.25, 0.3) is 0 Å². The Bertz CT molecular complexity index is 535. The number of oxazole rings is 1. The van der Waals surface area contributed by atoms with E-state index in [0.29, 0.717) is 31.9 Å². The molecule has 0 aliphatic carbocycles. The highest BCUT2D eigenvalue weighted by Gasteiger charge is 2.07. The third kappa shape index (κ3) is 5.17. The monoisotopic (exact) mass is 291 g/mol. The molecule has 6 heteroatoms. The van der Waals surface area contributed by atoms with Crippen molar-refractivity contribution in [3.8, 4) is 0 Å². The average molecular weight is 291 g/mol. The molecule has 0 saturated carbocycles. The number of aryl methyl sites for hydroxylation is 1. The Morgan fingerprint density at radius 2 is 2.14 bits per heavy atom. The zero-order chi connectivity index (χ0) is 14.9. The fraction of sp³-hybridized carbons (Fsp3) is 0.467. The molecular weight excluding hydrogens is 270 g/mol. The largest absolute Gasteiger partial charge is 0.441 e. The van der Waals surface area contributed by atoms with Crippen LogP contribution in [0, 0.1) is 0 Å². The number of hydrogen-bond acceptors (Lipinski definition) is 5. The number of carbonyl (C=O) groups is 1. The Morgan fingerprint density at radius 1 is 1.29 bits per heavy atom. The molecule has 1 amide bonds. The molecule has 2 aromatic rings. The first-order valence-corrected chi connectivity index (χ1v) is 7.10. The van der Waals surface area contributed by atoms with Crippen LogP contribution >= 0.6 is 0 Å². The standard InChI is InChI=1S/C15H21N3O3/c1-20-11-10-16-8-9-17-14(19)6-7-15-18-12-4-2-3-5-13(12)21-15/h2-5,16H,6-11H2,1H3,(H,17,19). The maximum atomic E-state index is 11.7. The van der Waals surface area contributed by atoms with Gasteiger partial charge in [0.05, 0.1) is 6.61 Å². The molecule has 2 rings (SSSR count). The van der Waals surface area contributed by atoms with Crippen molar-refractivity contribution in [3.05, 3.63) is 30.2 Å². The Hall–Kier alpha value is -1.92. The van der Waals surface area contributed by atoms with E-state index in [4.69, 9.17) is 9.15 Å². The quantitative estimate of drug-likeness (QED) is 0.677. The molecule has 21 heavy (non-hydrogen) atoms. The van der Waals surface area contributed by atoms with Gasteiger partial charge >= 0.3 is 0 Å². The van der Waals surface area contributed by atoms with E-state index < -0.39 is 0 Å². The molecule has 0 atom stereocenters. The van der Waals surface area contributed by atoms with Crippen LogP contribution in [0.2, 0.25) is 0 Å². The first kappa shape index (κ1) is 15.5. The van der Waals surface area contributed by atoms with E-state index >= 15 is 0 Å². The lowest BCUT2D eigenvalue weighted by molar-refractivity contribution is -0.121. The van der Waals surface area contributed by atoms with Gasteiger partial charge in [-0.1, -0.05) is 12.1 Å². The van der Waals surface area contributed by atoms with Crippen molar-refractivity contribution in [1.82, 2.24) is 15.6 Å². The van der Waals surface area contributed by atoms with Gasteiger partial charge in [-0.25, -0.2) is 4.98 Å². The highest BCUT2D eigenvalue weighted by atomic mass is 16.5. The van der Waals surface area contributed by atoms with E-state index in [9.17, 15) is 4.79 Å². The molecule has 0 unspecified atom stereocenters. The zero-order valence-corrected chi connectivity index (χ0v) is 12.2.